The minimum Gasteiger partial charge on any atom is -0.611 e. The molecule has 0 aromatic heterocycles. The van der Waals surface area contributed by atoms with E-state index in [-0.39, 0.29) is 0 Å². The maximum Gasteiger partial charge on any atom is 0.344 e. The van der Waals surface area contributed by atoms with Crippen LogP contribution in [-0.2, 0) is 16.0 Å². The molecule has 0 saturated heterocycles. The standard InChI is InChI=1S/C21H21ClO4S/c1-4-11-27(25)19-9-5-14(2)16(13-19)6-7-17-12-18(22)8-10-20(17)26-15(3)21(23)24/h5,8-10,12-13,15H,4,11H2,1-3H3,(H,23,24). The van der Waals surface area contributed by atoms with Gasteiger partial charge in [-0.2, -0.15) is 0 Å². The zero-order valence-electron chi connectivity index (χ0n) is 15.4. The zero-order chi connectivity index (χ0) is 20.0. The molecule has 2 aromatic rings. The highest BCUT2D eigenvalue weighted by Gasteiger charge is 2.15. The summed E-state index contributed by atoms with van der Waals surface area (Å²) in [5.41, 5.74) is 2.22. The fraction of sp³-hybridized carbons (Fsp3) is 0.286. The van der Waals surface area contributed by atoms with Crippen molar-refractivity contribution >= 4 is 28.7 Å². The van der Waals surface area contributed by atoms with E-state index >= 15 is 0 Å². The van der Waals surface area contributed by atoms with Crippen molar-refractivity contribution in [1.82, 2.24) is 0 Å². The van der Waals surface area contributed by atoms with E-state index in [0.29, 0.717) is 22.1 Å². The lowest BCUT2D eigenvalue weighted by molar-refractivity contribution is -0.144. The summed E-state index contributed by atoms with van der Waals surface area (Å²) >= 11 is 5.00. The summed E-state index contributed by atoms with van der Waals surface area (Å²) in [5.74, 6) is 5.96. The number of rotatable bonds is 6. The third-order valence-electron chi connectivity index (χ3n) is 3.79. The lowest BCUT2D eigenvalue weighted by Gasteiger charge is -2.12. The molecule has 0 aliphatic rings. The first-order chi connectivity index (χ1) is 12.8. The van der Waals surface area contributed by atoms with E-state index in [4.69, 9.17) is 21.4 Å². The van der Waals surface area contributed by atoms with Crippen LogP contribution in [0.3, 0.4) is 0 Å². The molecule has 0 spiro atoms. The van der Waals surface area contributed by atoms with Crippen LogP contribution in [0.1, 0.15) is 37.0 Å². The van der Waals surface area contributed by atoms with Crippen LogP contribution in [0.2, 0.25) is 5.02 Å². The highest BCUT2D eigenvalue weighted by molar-refractivity contribution is 7.91. The van der Waals surface area contributed by atoms with Gasteiger partial charge in [0.1, 0.15) is 11.5 Å². The lowest BCUT2D eigenvalue weighted by atomic mass is 10.1. The second-order valence-electron chi connectivity index (χ2n) is 6.02. The molecular weight excluding hydrogens is 384 g/mol. The van der Waals surface area contributed by atoms with Crippen molar-refractivity contribution in [2.75, 3.05) is 5.75 Å². The van der Waals surface area contributed by atoms with E-state index in [1.807, 2.05) is 32.0 Å². The molecule has 142 valence electrons. The minimum absolute atomic E-state index is 0.352. The van der Waals surface area contributed by atoms with Crippen molar-refractivity contribution in [3.8, 4) is 17.6 Å². The van der Waals surface area contributed by atoms with Gasteiger partial charge in [-0.25, -0.2) is 4.79 Å². The zero-order valence-corrected chi connectivity index (χ0v) is 17.0. The van der Waals surface area contributed by atoms with E-state index in [9.17, 15) is 9.35 Å². The average Bonchev–Trinajstić information content (AvgIpc) is 2.62. The summed E-state index contributed by atoms with van der Waals surface area (Å²) in [5, 5.41) is 9.52. The van der Waals surface area contributed by atoms with E-state index < -0.39 is 23.2 Å². The number of hydrogen-bond acceptors (Lipinski definition) is 3. The molecule has 2 aromatic carbocycles. The Morgan fingerprint density at radius 3 is 2.63 bits per heavy atom. The number of aliphatic carboxylic acids is 1. The molecule has 0 saturated carbocycles. The summed E-state index contributed by atoms with van der Waals surface area (Å²) in [4.78, 5) is 11.8. The molecular formula is C21H21ClO4S. The van der Waals surface area contributed by atoms with Crippen molar-refractivity contribution < 1.29 is 19.2 Å². The van der Waals surface area contributed by atoms with Crippen molar-refractivity contribution in [3.05, 3.63) is 58.1 Å². The van der Waals surface area contributed by atoms with Gasteiger partial charge in [0.15, 0.2) is 11.0 Å². The third-order valence-corrected chi connectivity index (χ3v) is 5.58. The second-order valence-corrected chi connectivity index (χ2v) is 8.02. The number of hydrogen-bond donors (Lipinski definition) is 1. The molecule has 0 aliphatic heterocycles. The molecule has 0 bridgehead atoms. The predicted octanol–water partition coefficient (Wildman–Crippen LogP) is 4.42. The van der Waals surface area contributed by atoms with Crippen molar-refractivity contribution in [1.29, 1.82) is 0 Å². The Kier molecular flexibility index (Phi) is 7.61. The summed E-state index contributed by atoms with van der Waals surface area (Å²) in [6.45, 7) is 5.37. The van der Waals surface area contributed by atoms with Crippen molar-refractivity contribution in [2.24, 2.45) is 0 Å². The first kappa shape index (κ1) is 21.2. The van der Waals surface area contributed by atoms with Gasteiger partial charge in [0.25, 0.3) is 0 Å². The number of carboxylic acid groups (broad SMARTS) is 1. The van der Waals surface area contributed by atoms with Crippen LogP contribution in [0.4, 0.5) is 0 Å². The van der Waals surface area contributed by atoms with E-state index in [1.54, 1.807) is 18.2 Å². The third kappa shape index (κ3) is 5.93. The maximum atomic E-state index is 12.2. The van der Waals surface area contributed by atoms with E-state index in [0.717, 1.165) is 22.4 Å². The van der Waals surface area contributed by atoms with Gasteiger partial charge in [-0.15, -0.1) is 0 Å². The van der Waals surface area contributed by atoms with Crippen LogP contribution in [0.25, 0.3) is 0 Å². The van der Waals surface area contributed by atoms with E-state index in [2.05, 4.69) is 11.8 Å². The van der Waals surface area contributed by atoms with Crippen LogP contribution in [0, 0.1) is 18.8 Å². The highest BCUT2D eigenvalue weighted by Crippen LogP contribution is 2.24. The number of aryl methyl sites for hydroxylation is 1. The van der Waals surface area contributed by atoms with Crippen molar-refractivity contribution in [2.45, 2.75) is 38.2 Å². The molecule has 0 aliphatic carbocycles. The molecule has 1 N–H and O–H groups in total. The number of carbonyl (C=O) groups is 1. The smallest absolute Gasteiger partial charge is 0.344 e. The van der Waals surface area contributed by atoms with Crippen LogP contribution in [0.5, 0.6) is 5.75 Å². The first-order valence-electron chi connectivity index (χ1n) is 8.52. The maximum absolute atomic E-state index is 12.2. The van der Waals surface area contributed by atoms with Crippen LogP contribution in [-0.4, -0.2) is 27.5 Å². The largest absolute Gasteiger partial charge is 0.611 e. The number of halogens is 1. The SMILES string of the molecule is CCC[S+]([O-])c1ccc(C)c(C#Cc2cc(Cl)ccc2OC(C)C(=O)O)c1. The normalized spacial score (nSPS) is 12.6. The second kappa shape index (κ2) is 9.70. The summed E-state index contributed by atoms with van der Waals surface area (Å²) < 4.78 is 17.7. The summed E-state index contributed by atoms with van der Waals surface area (Å²) in [7, 11) is 0. The number of benzene rings is 2. The molecule has 2 rings (SSSR count). The molecule has 6 heteroatoms. The van der Waals surface area contributed by atoms with Gasteiger partial charge >= 0.3 is 5.97 Å². The molecule has 27 heavy (non-hydrogen) atoms. The van der Waals surface area contributed by atoms with Gasteiger partial charge in [0, 0.05) is 16.7 Å². The average molecular weight is 405 g/mol. The topological polar surface area (TPSA) is 69.6 Å². The Labute approximate surface area is 167 Å². The van der Waals surface area contributed by atoms with E-state index in [1.165, 1.54) is 6.92 Å². The number of ether oxygens (including phenoxy) is 1. The molecule has 0 radical (unpaired) electrons. The van der Waals surface area contributed by atoms with Gasteiger partial charge in [0.05, 0.1) is 5.56 Å². The minimum atomic E-state index is -1.06. The Morgan fingerprint density at radius 2 is 1.96 bits per heavy atom. The monoisotopic (exact) mass is 404 g/mol. The van der Waals surface area contributed by atoms with Crippen LogP contribution < -0.4 is 4.74 Å². The molecule has 2 atom stereocenters. The number of carboxylic acids is 1. The van der Waals surface area contributed by atoms with Gasteiger partial charge in [-0.3, -0.25) is 0 Å². The lowest BCUT2D eigenvalue weighted by Crippen LogP contribution is -2.23. The van der Waals surface area contributed by atoms with Crippen LogP contribution in [0.15, 0.2) is 41.3 Å². The molecule has 2 unspecified atom stereocenters. The highest BCUT2D eigenvalue weighted by atomic mass is 35.5. The predicted molar refractivity (Wildman–Crippen MR) is 108 cm³/mol. The Bertz CT molecular complexity index is 885. The van der Waals surface area contributed by atoms with Gasteiger partial charge < -0.3 is 14.4 Å². The fourth-order valence-corrected chi connectivity index (χ4v) is 3.51. The quantitative estimate of drug-likeness (QED) is 0.571. The van der Waals surface area contributed by atoms with Gasteiger partial charge in [-0.1, -0.05) is 36.4 Å². The molecule has 0 amide bonds. The first-order valence-corrected chi connectivity index (χ1v) is 10.2. The molecule has 4 nitrogen and oxygen atoms in total. The van der Waals surface area contributed by atoms with Gasteiger partial charge in [-0.05, 0) is 61.3 Å². The fourth-order valence-electron chi connectivity index (χ4n) is 2.26. The van der Waals surface area contributed by atoms with Gasteiger partial charge in [0.2, 0.25) is 0 Å². The summed E-state index contributed by atoms with van der Waals surface area (Å²) in [6.07, 6.45) is -0.166. The Hall–Kier alpha value is -2.13. The molecule has 0 fully saturated rings. The van der Waals surface area contributed by atoms with Crippen LogP contribution >= 0.6 is 11.6 Å². The Morgan fingerprint density at radius 1 is 1.26 bits per heavy atom. The summed E-state index contributed by atoms with van der Waals surface area (Å²) in [6, 6.07) is 10.4. The van der Waals surface area contributed by atoms with Crippen molar-refractivity contribution in [3.63, 3.8) is 0 Å². The molecule has 0 heterocycles. The Balaban J connectivity index is 2.38.